The Morgan fingerprint density at radius 2 is 2.25 bits per heavy atom. The van der Waals surface area contributed by atoms with E-state index in [1.54, 1.807) is 11.3 Å². The molecular weight excluding hydrogens is 222 g/mol. The van der Waals surface area contributed by atoms with Gasteiger partial charge in [0, 0.05) is 16.8 Å². The third-order valence-electron chi connectivity index (χ3n) is 1.95. The highest BCUT2D eigenvalue weighted by Crippen LogP contribution is 2.08. The Labute approximate surface area is 101 Å². The zero-order valence-electron chi connectivity index (χ0n) is 10.1. The molecule has 0 amide bonds. The summed E-state index contributed by atoms with van der Waals surface area (Å²) in [6, 6.07) is 4.05. The van der Waals surface area contributed by atoms with Crippen molar-refractivity contribution in [1.82, 2.24) is 5.32 Å². The summed E-state index contributed by atoms with van der Waals surface area (Å²) in [6.45, 7) is 6.79. The summed E-state index contributed by atoms with van der Waals surface area (Å²) >= 11 is 1.69. The number of hydrogen-bond acceptors (Lipinski definition) is 4. The van der Waals surface area contributed by atoms with Gasteiger partial charge in [-0.25, -0.2) is 0 Å². The summed E-state index contributed by atoms with van der Waals surface area (Å²) in [7, 11) is 0. The van der Waals surface area contributed by atoms with E-state index in [0.29, 0.717) is 6.61 Å². The van der Waals surface area contributed by atoms with Crippen LogP contribution in [-0.4, -0.2) is 24.7 Å². The second-order valence-corrected chi connectivity index (χ2v) is 5.69. The number of ether oxygens (including phenoxy) is 1. The predicted molar refractivity (Wildman–Crippen MR) is 66.7 cm³/mol. The van der Waals surface area contributed by atoms with E-state index in [2.05, 4.69) is 5.32 Å². The molecule has 0 atom stereocenters. The molecule has 1 aromatic heterocycles. The first kappa shape index (κ1) is 13.2. The molecule has 0 unspecified atom stereocenters. The summed E-state index contributed by atoms with van der Waals surface area (Å²) in [5.74, 6) is -0.188. The van der Waals surface area contributed by atoms with Gasteiger partial charge in [0.1, 0.15) is 0 Å². The van der Waals surface area contributed by atoms with Crippen molar-refractivity contribution in [1.29, 1.82) is 0 Å². The minimum Gasteiger partial charge on any atom is -0.464 e. The van der Waals surface area contributed by atoms with Crippen LogP contribution in [0.25, 0.3) is 0 Å². The molecule has 0 radical (unpaired) electrons. The lowest BCUT2D eigenvalue weighted by molar-refractivity contribution is -0.142. The van der Waals surface area contributed by atoms with E-state index in [1.807, 2.05) is 38.3 Å². The van der Waals surface area contributed by atoms with E-state index in [1.165, 1.54) is 4.88 Å². The Balaban J connectivity index is 2.11. The van der Waals surface area contributed by atoms with E-state index in [4.69, 9.17) is 4.74 Å². The van der Waals surface area contributed by atoms with Gasteiger partial charge in [-0.05, 0) is 32.2 Å². The Morgan fingerprint density at radius 3 is 2.81 bits per heavy atom. The first-order chi connectivity index (χ1) is 7.47. The second-order valence-electron chi connectivity index (χ2n) is 4.65. The van der Waals surface area contributed by atoms with E-state index < -0.39 is 0 Å². The SMILES string of the molecule is CC(C)(C)NCC(=O)OCCc1cccs1. The molecule has 0 aliphatic heterocycles. The molecule has 0 aromatic carbocycles. The summed E-state index contributed by atoms with van der Waals surface area (Å²) in [5, 5.41) is 5.12. The number of carbonyl (C=O) groups is 1. The largest absolute Gasteiger partial charge is 0.464 e. The van der Waals surface area contributed by atoms with Crippen LogP contribution in [0, 0.1) is 0 Å². The number of rotatable bonds is 5. The van der Waals surface area contributed by atoms with Gasteiger partial charge in [-0.3, -0.25) is 4.79 Å². The van der Waals surface area contributed by atoms with Crippen LogP contribution in [0.2, 0.25) is 0 Å². The van der Waals surface area contributed by atoms with Crippen LogP contribution in [-0.2, 0) is 16.0 Å². The molecule has 90 valence electrons. The van der Waals surface area contributed by atoms with Crippen LogP contribution < -0.4 is 5.32 Å². The van der Waals surface area contributed by atoms with Gasteiger partial charge >= 0.3 is 5.97 Å². The van der Waals surface area contributed by atoms with Gasteiger partial charge in [0.05, 0.1) is 13.2 Å². The maximum absolute atomic E-state index is 11.3. The number of esters is 1. The molecule has 0 aliphatic rings. The van der Waals surface area contributed by atoms with Crippen molar-refractivity contribution in [3.05, 3.63) is 22.4 Å². The van der Waals surface area contributed by atoms with Crippen molar-refractivity contribution in [3.63, 3.8) is 0 Å². The summed E-state index contributed by atoms with van der Waals surface area (Å²) in [4.78, 5) is 12.6. The van der Waals surface area contributed by atoms with Crippen LogP contribution in [0.5, 0.6) is 0 Å². The number of hydrogen-bond donors (Lipinski definition) is 1. The van der Waals surface area contributed by atoms with E-state index >= 15 is 0 Å². The quantitative estimate of drug-likeness (QED) is 0.803. The van der Waals surface area contributed by atoms with Crippen LogP contribution >= 0.6 is 11.3 Å². The van der Waals surface area contributed by atoms with Gasteiger partial charge in [0.2, 0.25) is 0 Å². The van der Waals surface area contributed by atoms with Gasteiger partial charge in [-0.1, -0.05) is 6.07 Å². The van der Waals surface area contributed by atoms with Gasteiger partial charge in [-0.2, -0.15) is 0 Å². The lowest BCUT2D eigenvalue weighted by Gasteiger charge is -2.19. The molecule has 0 saturated heterocycles. The molecule has 1 aromatic rings. The molecule has 1 N–H and O–H groups in total. The Bertz CT molecular complexity index is 314. The fourth-order valence-corrected chi connectivity index (χ4v) is 1.80. The molecule has 4 heteroatoms. The second kappa shape index (κ2) is 6.01. The molecule has 0 saturated carbocycles. The fourth-order valence-electron chi connectivity index (χ4n) is 1.11. The fraction of sp³-hybridized carbons (Fsp3) is 0.583. The highest BCUT2D eigenvalue weighted by molar-refractivity contribution is 7.09. The molecule has 0 spiro atoms. The average Bonchev–Trinajstić information content (AvgIpc) is 2.66. The zero-order chi connectivity index (χ0) is 12.0. The van der Waals surface area contributed by atoms with Crippen molar-refractivity contribution >= 4 is 17.3 Å². The highest BCUT2D eigenvalue weighted by atomic mass is 32.1. The molecule has 16 heavy (non-hydrogen) atoms. The third kappa shape index (κ3) is 5.88. The topological polar surface area (TPSA) is 38.3 Å². The Morgan fingerprint density at radius 1 is 1.50 bits per heavy atom. The molecular formula is C12H19NO2S. The maximum Gasteiger partial charge on any atom is 0.319 e. The van der Waals surface area contributed by atoms with Crippen LogP contribution in [0.3, 0.4) is 0 Å². The van der Waals surface area contributed by atoms with Gasteiger partial charge in [-0.15, -0.1) is 11.3 Å². The first-order valence-corrected chi connectivity index (χ1v) is 6.28. The maximum atomic E-state index is 11.3. The van der Waals surface area contributed by atoms with Crippen LogP contribution in [0.1, 0.15) is 25.6 Å². The molecule has 0 fully saturated rings. The van der Waals surface area contributed by atoms with Gasteiger partial charge in [0.15, 0.2) is 0 Å². The smallest absolute Gasteiger partial charge is 0.319 e. The Kier molecular flexibility index (Phi) is 4.96. The van der Waals surface area contributed by atoms with Crippen molar-refractivity contribution in [2.24, 2.45) is 0 Å². The summed E-state index contributed by atoms with van der Waals surface area (Å²) < 4.78 is 5.12. The first-order valence-electron chi connectivity index (χ1n) is 5.40. The van der Waals surface area contributed by atoms with Gasteiger partial charge < -0.3 is 10.1 Å². The number of thiophene rings is 1. The van der Waals surface area contributed by atoms with Crippen molar-refractivity contribution < 1.29 is 9.53 Å². The summed E-state index contributed by atoms with van der Waals surface area (Å²) in [5.41, 5.74) is -0.0488. The van der Waals surface area contributed by atoms with Crippen molar-refractivity contribution in [2.75, 3.05) is 13.2 Å². The average molecular weight is 241 g/mol. The van der Waals surface area contributed by atoms with Gasteiger partial charge in [0.25, 0.3) is 0 Å². The highest BCUT2D eigenvalue weighted by Gasteiger charge is 2.11. The number of carbonyl (C=O) groups excluding carboxylic acids is 1. The molecule has 0 bridgehead atoms. The summed E-state index contributed by atoms with van der Waals surface area (Å²) in [6.07, 6.45) is 0.804. The monoisotopic (exact) mass is 241 g/mol. The Hall–Kier alpha value is -0.870. The lowest BCUT2D eigenvalue weighted by atomic mass is 10.1. The van der Waals surface area contributed by atoms with E-state index in [9.17, 15) is 4.79 Å². The van der Waals surface area contributed by atoms with Crippen molar-refractivity contribution in [2.45, 2.75) is 32.7 Å². The van der Waals surface area contributed by atoms with Crippen molar-refractivity contribution in [3.8, 4) is 0 Å². The van der Waals surface area contributed by atoms with E-state index in [0.717, 1.165) is 6.42 Å². The molecule has 1 rings (SSSR count). The molecule has 3 nitrogen and oxygen atoms in total. The molecule has 1 heterocycles. The predicted octanol–water partition coefficient (Wildman–Crippen LogP) is 2.22. The normalized spacial score (nSPS) is 11.4. The van der Waals surface area contributed by atoms with E-state index in [-0.39, 0.29) is 18.1 Å². The standard InChI is InChI=1S/C12H19NO2S/c1-12(2,3)13-9-11(14)15-7-6-10-5-4-8-16-10/h4-5,8,13H,6-7,9H2,1-3H3. The number of nitrogens with one attached hydrogen (secondary N) is 1. The minimum atomic E-state index is -0.188. The lowest BCUT2D eigenvalue weighted by Crippen LogP contribution is -2.40. The molecule has 0 aliphatic carbocycles. The minimum absolute atomic E-state index is 0.0488. The third-order valence-corrected chi connectivity index (χ3v) is 2.89. The zero-order valence-corrected chi connectivity index (χ0v) is 10.9. The van der Waals surface area contributed by atoms with Crippen LogP contribution in [0.4, 0.5) is 0 Å². The van der Waals surface area contributed by atoms with Crippen LogP contribution in [0.15, 0.2) is 17.5 Å².